The number of amides is 1. The van der Waals surface area contributed by atoms with Gasteiger partial charge >= 0.3 is 0 Å². The van der Waals surface area contributed by atoms with Crippen molar-refractivity contribution in [1.82, 2.24) is 4.72 Å². The van der Waals surface area contributed by atoms with Gasteiger partial charge in [-0.3, -0.25) is 4.79 Å². The molecule has 5 aliphatic rings. The Bertz CT molecular complexity index is 1530. The Kier molecular flexibility index (Phi) is 7.28. The second kappa shape index (κ2) is 10.8. The average molecular weight is 613 g/mol. The molecule has 0 radical (unpaired) electrons. The minimum atomic E-state index is -3.99. The van der Waals surface area contributed by atoms with E-state index in [-0.39, 0.29) is 35.3 Å². The summed E-state index contributed by atoms with van der Waals surface area (Å²) < 4.78 is 41.0. The van der Waals surface area contributed by atoms with Gasteiger partial charge in [0, 0.05) is 35.0 Å². The maximum atomic E-state index is 13.4. The number of nitrogens with zero attached hydrogens (tertiary/aromatic N) is 1. The van der Waals surface area contributed by atoms with E-state index in [1.807, 2.05) is 18.2 Å². The van der Waals surface area contributed by atoms with Crippen LogP contribution in [-0.4, -0.2) is 63.7 Å². The van der Waals surface area contributed by atoms with Gasteiger partial charge in [0.15, 0.2) is 0 Å². The lowest BCUT2D eigenvalue weighted by Crippen LogP contribution is -2.49. The van der Waals surface area contributed by atoms with Gasteiger partial charge in [0.1, 0.15) is 11.0 Å². The molecule has 1 saturated carbocycles. The molecule has 3 heterocycles. The molecule has 3 aliphatic heterocycles. The van der Waals surface area contributed by atoms with E-state index in [9.17, 15) is 18.3 Å². The molecular formula is C32H37ClN2O6S. The number of aliphatic hydroxyl groups is 1. The van der Waals surface area contributed by atoms with E-state index in [1.54, 1.807) is 18.2 Å². The standard InChI is InChI=1S/C32H37ClN2O6S/c33-24-8-10-26-20(13-24)4-2-12-32(26)18-35-15-22-6-9-25(22)28(36)5-1-3-23-16-40-17-30(23)42(38,39)34-31(37)21-7-11-29(41-19-32)27(35)14-21/h1,5,7-8,10-11,13-14,22-23,25,28,30,36H,2-4,6,9,12,15-19H2,(H,34,37)/b5-1-/t22-,23+,25+,28-,30-,32-/m0/s1. The first-order valence-corrected chi connectivity index (χ1v) is 16.9. The van der Waals surface area contributed by atoms with Gasteiger partial charge in [-0.25, -0.2) is 13.1 Å². The normalized spacial score (nSPS) is 34.6. The fourth-order valence-corrected chi connectivity index (χ4v) is 9.44. The predicted octanol–water partition coefficient (Wildman–Crippen LogP) is 4.23. The van der Waals surface area contributed by atoms with Crippen molar-refractivity contribution in [3.8, 4) is 5.75 Å². The van der Waals surface area contributed by atoms with Crippen LogP contribution >= 0.6 is 11.6 Å². The van der Waals surface area contributed by atoms with Crippen molar-refractivity contribution >= 4 is 33.2 Å². The minimum absolute atomic E-state index is 0.0367. The first-order chi connectivity index (χ1) is 20.2. The molecule has 42 heavy (non-hydrogen) atoms. The first kappa shape index (κ1) is 28.2. The molecule has 224 valence electrons. The minimum Gasteiger partial charge on any atom is -0.490 e. The van der Waals surface area contributed by atoms with E-state index < -0.39 is 27.3 Å². The monoisotopic (exact) mass is 612 g/mol. The van der Waals surface area contributed by atoms with Gasteiger partial charge in [0.25, 0.3) is 5.91 Å². The van der Waals surface area contributed by atoms with Crippen LogP contribution in [0.25, 0.3) is 0 Å². The largest absolute Gasteiger partial charge is 0.490 e. The Morgan fingerprint density at radius 2 is 1.98 bits per heavy atom. The van der Waals surface area contributed by atoms with Gasteiger partial charge < -0.3 is 19.5 Å². The number of carbonyl (C=O) groups is 1. The highest BCUT2D eigenvalue weighted by Crippen LogP contribution is 2.46. The van der Waals surface area contributed by atoms with Gasteiger partial charge in [-0.05, 0) is 91.8 Å². The number of fused-ring (bicyclic) bond motifs is 5. The average Bonchev–Trinajstić information content (AvgIpc) is 3.37. The Morgan fingerprint density at radius 1 is 1.10 bits per heavy atom. The van der Waals surface area contributed by atoms with E-state index in [2.05, 4.69) is 21.8 Å². The third kappa shape index (κ3) is 5.02. The Hall–Kier alpha value is -2.59. The van der Waals surface area contributed by atoms with Crippen LogP contribution < -0.4 is 14.4 Å². The Morgan fingerprint density at radius 3 is 2.81 bits per heavy atom. The molecule has 10 heteroatoms. The summed E-state index contributed by atoms with van der Waals surface area (Å²) >= 11 is 6.38. The van der Waals surface area contributed by atoms with E-state index >= 15 is 0 Å². The van der Waals surface area contributed by atoms with Crippen molar-refractivity contribution in [2.24, 2.45) is 17.8 Å². The molecule has 2 aliphatic carbocycles. The molecule has 2 N–H and O–H groups in total. The summed E-state index contributed by atoms with van der Waals surface area (Å²) in [7, 11) is -3.99. The third-order valence-corrected chi connectivity index (χ3v) is 12.2. The summed E-state index contributed by atoms with van der Waals surface area (Å²) in [6.45, 7) is 2.23. The lowest BCUT2D eigenvalue weighted by atomic mass is 9.68. The number of aryl methyl sites for hydroxylation is 1. The van der Waals surface area contributed by atoms with Crippen LogP contribution in [-0.2, 0) is 26.6 Å². The second-order valence-corrected chi connectivity index (χ2v) is 15.1. The molecule has 8 nitrogen and oxygen atoms in total. The van der Waals surface area contributed by atoms with Gasteiger partial charge in [0.05, 0.1) is 31.6 Å². The molecule has 2 aromatic rings. The highest BCUT2D eigenvalue weighted by molar-refractivity contribution is 7.90. The number of halogens is 1. The zero-order chi connectivity index (χ0) is 29.1. The summed E-state index contributed by atoms with van der Waals surface area (Å²) in [5.74, 6) is 0.119. The van der Waals surface area contributed by atoms with Gasteiger partial charge in [-0.15, -0.1) is 0 Å². The van der Waals surface area contributed by atoms with Crippen LogP contribution in [0.4, 0.5) is 5.69 Å². The number of benzene rings is 2. The van der Waals surface area contributed by atoms with Crippen molar-refractivity contribution in [2.75, 3.05) is 37.8 Å². The number of anilines is 1. The fraction of sp³-hybridized carbons (Fsp3) is 0.531. The number of hydrogen-bond acceptors (Lipinski definition) is 7. The lowest BCUT2D eigenvalue weighted by molar-refractivity contribution is 0.0455. The molecule has 2 bridgehead atoms. The number of carbonyl (C=O) groups excluding carboxylic acids is 1. The zero-order valence-corrected chi connectivity index (χ0v) is 25.1. The van der Waals surface area contributed by atoms with Crippen LogP contribution in [0.15, 0.2) is 48.6 Å². The SMILES string of the molecule is O=C1NS(=O)(=O)[C@H]2COC[C@H]2C/C=C\[C@H](O)[C@@H]2CC[C@H]2CN2C[C@@]3(CCCc4cc(Cl)ccc43)COc3ccc1cc32. The molecule has 2 fully saturated rings. The molecule has 1 saturated heterocycles. The summed E-state index contributed by atoms with van der Waals surface area (Å²) in [4.78, 5) is 15.7. The van der Waals surface area contributed by atoms with E-state index in [1.165, 1.54) is 11.1 Å². The highest BCUT2D eigenvalue weighted by Gasteiger charge is 2.45. The Balaban J connectivity index is 1.29. The molecule has 7 rings (SSSR count). The van der Waals surface area contributed by atoms with Crippen molar-refractivity contribution in [3.05, 3.63) is 70.3 Å². The summed E-state index contributed by atoms with van der Waals surface area (Å²) in [6.07, 6.45) is 8.47. The summed E-state index contributed by atoms with van der Waals surface area (Å²) in [6, 6.07) is 11.3. The molecule has 6 atom stereocenters. The predicted molar refractivity (Wildman–Crippen MR) is 161 cm³/mol. The first-order valence-electron chi connectivity index (χ1n) is 15.0. The van der Waals surface area contributed by atoms with Gasteiger partial charge in [-0.2, -0.15) is 0 Å². The maximum absolute atomic E-state index is 13.4. The number of allylic oxidation sites excluding steroid dienone is 1. The molecule has 0 unspecified atom stereocenters. The second-order valence-electron chi connectivity index (χ2n) is 12.8. The maximum Gasteiger partial charge on any atom is 0.264 e. The number of sulfonamides is 1. The number of rotatable bonds is 0. The van der Waals surface area contributed by atoms with Crippen LogP contribution in [0, 0.1) is 17.8 Å². The van der Waals surface area contributed by atoms with Crippen molar-refractivity contribution in [2.45, 2.75) is 55.3 Å². The van der Waals surface area contributed by atoms with Crippen molar-refractivity contribution < 1.29 is 27.8 Å². The number of aliphatic hydroxyl groups excluding tert-OH is 1. The quantitative estimate of drug-likeness (QED) is 0.429. The van der Waals surface area contributed by atoms with Gasteiger partial charge in [-0.1, -0.05) is 29.8 Å². The topological polar surface area (TPSA) is 105 Å². The van der Waals surface area contributed by atoms with Crippen molar-refractivity contribution in [1.29, 1.82) is 0 Å². The van der Waals surface area contributed by atoms with Gasteiger partial charge in [0.2, 0.25) is 10.0 Å². The van der Waals surface area contributed by atoms with E-state index in [0.29, 0.717) is 38.5 Å². The van der Waals surface area contributed by atoms with E-state index in [4.69, 9.17) is 21.1 Å². The highest BCUT2D eigenvalue weighted by atomic mass is 35.5. The summed E-state index contributed by atoms with van der Waals surface area (Å²) in [5, 5.41) is 11.0. The van der Waals surface area contributed by atoms with Crippen LogP contribution in [0.1, 0.15) is 53.6 Å². The molecular weight excluding hydrogens is 576 g/mol. The lowest BCUT2D eigenvalue weighted by Gasteiger charge is -2.45. The van der Waals surface area contributed by atoms with Crippen molar-refractivity contribution in [3.63, 3.8) is 0 Å². The fourth-order valence-electron chi connectivity index (χ4n) is 7.75. The number of hydrogen-bond donors (Lipinski definition) is 2. The zero-order valence-electron chi connectivity index (χ0n) is 23.5. The molecule has 0 aromatic heterocycles. The number of ether oxygens (including phenoxy) is 2. The summed E-state index contributed by atoms with van der Waals surface area (Å²) in [5.41, 5.74) is 3.29. The molecule has 1 amide bonds. The number of nitrogens with one attached hydrogen (secondary N) is 1. The Labute approximate surface area is 252 Å². The van der Waals surface area contributed by atoms with Crippen LogP contribution in [0.5, 0.6) is 5.75 Å². The van der Waals surface area contributed by atoms with E-state index in [0.717, 1.165) is 42.8 Å². The molecule has 1 spiro atoms. The smallest absolute Gasteiger partial charge is 0.264 e. The molecule has 2 aromatic carbocycles. The third-order valence-electron chi connectivity index (χ3n) is 10.2. The van der Waals surface area contributed by atoms with Crippen LogP contribution in [0.2, 0.25) is 5.02 Å². The van der Waals surface area contributed by atoms with Crippen LogP contribution in [0.3, 0.4) is 0 Å².